The number of para-hydroxylation sites is 1. The Morgan fingerprint density at radius 1 is 0.500 bits per heavy atom. The lowest BCUT2D eigenvalue weighted by molar-refractivity contribution is 0.661. The molecule has 0 fully saturated rings. The van der Waals surface area contributed by atoms with Crippen LogP contribution in [-0.2, 0) is 5.41 Å². The average Bonchev–Trinajstić information content (AvgIpc) is 3.50. The van der Waals surface area contributed by atoms with Gasteiger partial charge >= 0.3 is 0 Å². The quantitative estimate of drug-likeness (QED) is 0.222. The third-order valence-electron chi connectivity index (χ3n) is 8.26. The van der Waals surface area contributed by atoms with Crippen molar-refractivity contribution >= 4 is 21.8 Å². The van der Waals surface area contributed by atoms with Gasteiger partial charge in [-0.3, -0.25) is 4.57 Å². The number of benzene rings is 5. The van der Waals surface area contributed by atoms with Crippen molar-refractivity contribution in [2.45, 2.75) is 33.1 Å². The average molecular weight is 545 g/mol. The Morgan fingerprint density at radius 3 is 1.74 bits per heavy atom. The van der Waals surface area contributed by atoms with Crippen molar-refractivity contribution in [2.75, 3.05) is 0 Å². The number of nitrogens with zero attached hydrogens (tertiary/aromatic N) is 4. The Kier molecular flexibility index (Phi) is 6.20. The standard InChI is InChI=1S/C36H26N4.C2H6/c1-36(2)29-19-11-9-17-25(29)27-21-28-26-18-10-12-20-31(26)40(32(28)22-30(27)36)35-38-33(23-13-5-3-6-14-23)37-34(39-35)24-15-7-4-8-16-24;1-2/h3-22H,1-2H3;1-2H3. The fraction of sp³-hybridized carbons (Fsp3) is 0.132. The molecule has 0 N–H and O–H groups in total. The predicted octanol–water partition coefficient (Wildman–Crippen LogP) is 9.64. The smallest absolute Gasteiger partial charge is 0.238 e. The van der Waals surface area contributed by atoms with Crippen molar-refractivity contribution in [1.82, 2.24) is 19.5 Å². The van der Waals surface area contributed by atoms with E-state index in [-0.39, 0.29) is 5.41 Å². The van der Waals surface area contributed by atoms with Gasteiger partial charge in [0.1, 0.15) is 0 Å². The van der Waals surface area contributed by atoms with Gasteiger partial charge in [-0.2, -0.15) is 9.97 Å². The van der Waals surface area contributed by atoms with Gasteiger partial charge in [0.15, 0.2) is 11.6 Å². The zero-order chi connectivity index (χ0) is 28.8. The van der Waals surface area contributed by atoms with E-state index in [1.54, 1.807) is 0 Å². The van der Waals surface area contributed by atoms with E-state index in [0.717, 1.165) is 22.2 Å². The van der Waals surface area contributed by atoms with Crippen LogP contribution in [0.2, 0.25) is 0 Å². The SMILES string of the molecule is CC.CC1(C)c2ccccc2-c2cc3c4ccccc4n(-c4nc(-c5ccccc5)nc(-c5ccccc5)n4)c3cc21. The Hall–Kier alpha value is -5.09. The monoisotopic (exact) mass is 544 g/mol. The minimum atomic E-state index is -0.106. The summed E-state index contributed by atoms with van der Waals surface area (Å²) in [6.45, 7) is 8.64. The summed E-state index contributed by atoms with van der Waals surface area (Å²) in [5, 5.41) is 2.38. The molecular formula is C38H32N4. The summed E-state index contributed by atoms with van der Waals surface area (Å²) in [5.41, 5.74) is 9.31. The molecule has 0 atom stereocenters. The van der Waals surface area contributed by atoms with Crippen molar-refractivity contribution in [3.05, 3.63) is 132 Å². The first-order chi connectivity index (χ1) is 20.6. The number of rotatable bonds is 3. The van der Waals surface area contributed by atoms with Crippen LogP contribution in [0.1, 0.15) is 38.8 Å². The molecule has 0 unspecified atom stereocenters. The van der Waals surface area contributed by atoms with Crippen LogP contribution >= 0.6 is 0 Å². The molecule has 7 aromatic rings. The minimum absolute atomic E-state index is 0.106. The molecule has 0 spiro atoms. The summed E-state index contributed by atoms with van der Waals surface area (Å²) in [7, 11) is 0. The highest BCUT2D eigenvalue weighted by atomic mass is 15.2. The van der Waals surface area contributed by atoms with E-state index in [0.29, 0.717) is 17.6 Å². The van der Waals surface area contributed by atoms with Crippen molar-refractivity contribution in [3.63, 3.8) is 0 Å². The summed E-state index contributed by atoms with van der Waals surface area (Å²) in [6.07, 6.45) is 0. The third kappa shape index (κ3) is 3.94. The van der Waals surface area contributed by atoms with E-state index in [2.05, 4.69) is 79.1 Å². The second-order valence-corrected chi connectivity index (χ2v) is 11.0. The number of aromatic nitrogens is 4. The highest BCUT2D eigenvalue weighted by molar-refractivity contribution is 6.11. The summed E-state index contributed by atoms with van der Waals surface area (Å²) < 4.78 is 2.21. The maximum Gasteiger partial charge on any atom is 0.238 e. The second kappa shape index (κ2) is 10.1. The Labute approximate surface area is 246 Å². The van der Waals surface area contributed by atoms with E-state index in [1.165, 1.54) is 33.0 Å². The second-order valence-electron chi connectivity index (χ2n) is 11.0. The van der Waals surface area contributed by atoms with Gasteiger partial charge in [-0.05, 0) is 40.5 Å². The Morgan fingerprint density at radius 2 is 1.07 bits per heavy atom. The van der Waals surface area contributed by atoms with Gasteiger partial charge in [0, 0.05) is 27.3 Å². The van der Waals surface area contributed by atoms with Gasteiger partial charge < -0.3 is 0 Å². The summed E-state index contributed by atoms with van der Waals surface area (Å²) in [5.74, 6) is 1.93. The van der Waals surface area contributed by atoms with E-state index in [9.17, 15) is 0 Å². The summed E-state index contributed by atoms with van der Waals surface area (Å²) in [4.78, 5) is 15.1. The van der Waals surface area contributed by atoms with Gasteiger partial charge in [-0.1, -0.05) is 131 Å². The van der Waals surface area contributed by atoms with Crippen molar-refractivity contribution < 1.29 is 0 Å². The molecule has 4 nitrogen and oxygen atoms in total. The topological polar surface area (TPSA) is 43.6 Å². The first-order valence-corrected chi connectivity index (χ1v) is 14.6. The van der Waals surface area contributed by atoms with E-state index in [4.69, 9.17) is 15.0 Å². The number of fused-ring (bicyclic) bond motifs is 6. The molecule has 0 saturated carbocycles. The minimum Gasteiger partial charge on any atom is -0.278 e. The molecule has 8 rings (SSSR count). The van der Waals surface area contributed by atoms with E-state index < -0.39 is 0 Å². The molecule has 4 heteroatoms. The largest absolute Gasteiger partial charge is 0.278 e. The maximum atomic E-state index is 5.08. The predicted molar refractivity (Wildman–Crippen MR) is 174 cm³/mol. The van der Waals surface area contributed by atoms with Gasteiger partial charge in [-0.15, -0.1) is 0 Å². The lowest BCUT2D eigenvalue weighted by atomic mass is 9.82. The van der Waals surface area contributed by atoms with Crippen molar-refractivity contribution in [3.8, 4) is 39.9 Å². The van der Waals surface area contributed by atoms with Crippen LogP contribution in [0.3, 0.4) is 0 Å². The van der Waals surface area contributed by atoms with E-state index >= 15 is 0 Å². The number of hydrogen-bond donors (Lipinski definition) is 0. The molecular weight excluding hydrogens is 512 g/mol. The normalized spacial score (nSPS) is 13.0. The third-order valence-corrected chi connectivity index (χ3v) is 8.26. The molecule has 42 heavy (non-hydrogen) atoms. The molecule has 2 heterocycles. The molecule has 0 bridgehead atoms. The highest BCUT2D eigenvalue weighted by Gasteiger charge is 2.36. The van der Waals surface area contributed by atoms with Gasteiger partial charge in [0.05, 0.1) is 11.0 Å². The van der Waals surface area contributed by atoms with Crippen molar-refractivity contribution in [2.24, 2.45) is 0 Å². The van der Waals surface area contributed by atoms with Crippen LogP contribution in [0, 0.1) is 0 Å². The Balaban J connectivity index is 0.00000141. The van der Waals surface area contributed by atoms with Crippen LogP contribution in [0.25, 0.3) is 61.7 Å². The Bertz CT molecular complexity index is 2010. The lowest BCUT2D eigenvalue weighted by Gasteiger charge is -2.21. The van der Waals surface area contributed by atoms with Gasteiger partial charge in [0.2, 0.25) is 5.95 Å². The first-order valence-electron chi connectivity index (χ1n) is 14.6. The van der Waals surface area contributed by atoms with Crippen LogP contribution in [0.5, 0.6) is 0 Å². The summed E-state index contributed by atoms with van der Waals surface area (Å²) >= 11 is 0. The fourth-order valence-corrected chi connectivity index (χ4v) is 6.28. The fourth-order valence-electron chi connectivity index (χ4n) is 6.28. The molecule has 0 aliphatic heterocycles. The lowest BCUT2D eigenvalue weighted by Crippen LogP contribution is -2.15. The zero-order valence-corrected chi connectivity index (χ0v) is 24.3. The molecule has 0 radical (unpaired) electrons. The molecule has 0 saturated heterocycles. The molecule has 204 valence electrons. The molecule has 5 aromatic carbocycles. The first kappa shape index (κ1) is 25.8. The maximum absolute atomic E-state index is 5.08. The van der Waals surface area contributed by atoms with Crippen LogP contribution in [0.4, 0.5) is 0 Å². The van der Waals surface area contributed by atoms with Crippen LogP contribution < -0.4 is 0 Å². The van der Waals surface area contributed by atoms with Crippen LogP contribution in [-0.4, -0.2) is 19.5 Å². The van der Waals surface area contributed by atoms with Crippen LogP contribution in [0.15, 0.2) is 121 Å². The number of hydrogen-bond acceptors (Lipinski definition) is 3. The highest BCUT2D eigenvalue weighted by Crippen LogP contribution is 2.50. The molecule has 0 amide bonds. The van der Waals surface area contributed by atoms with E-state index in [1.807, 2.05) is 74.5 Å². The van der Waals surface area contributed by atoms with Gasteiger partial charge in [-0.25, -0.2) is 4.98 Å². The zero-order valence-electron chi connectivity index (χ0n) is 24.3. The van der Waals surface area contributed by atoms with Gasteiger partial charge in [0.25, 0.3) is 0 Å². The molecule has 1 aliphatic rings. The molecule has 2 aromatic heterocycles. The summed E-state index contributed by atoms with van der Waals surface area (Å²) in [6, 6.07) is 42.4. The molecule has 1 aliphatic carbocycles. The van der Waals surface area contributed by atoms with Crippen molar-refractivity contribution in [1.29, 1.82) is 0 Å².